The molecule has 0 atom stereocenters. The summed E-state index contributed by atoms with van der Waals surface area (Å²) in [5.41, 5.74) is 2.77. The molecule has 22 heavy (non-hydrogen) atoms. The van der Waals surface area contributed by atoms with Gasteiger partial charge in [-0.3, -0.25) is 4.79 Å². The number of hydrogen-bond acceptors (Lipinski definition) is 3. The largest absolute Gasteiger partial charge is 0.459 e. The number of aryl methyl sites for hydroxylation is 1. The Bertz CT molecular complexity index is 644. The fourth-order valence-electron chi connectivity index (χ4n) is 2.27. The molecule has 4 heteroatoms. The average molecular weight is 301 g/mol. The molecule has 4 nitrogen and oxygen atoms in total. The first-order valence-corrected chi connectivity index (χ1v) is 7.60. The van der Waals surface area contributed by atoms with Crippen LogP contribution in [0.1, 0.15) is 38.0 Å². The Hall–Kier alpha value is -2.07. The second kappa shape index (κ2) is 7.27. The van der Waals surface area contributed by atoms with Crippen LogP contribution in [-0.2, 0) is 11.4 Å². The lowest BCUT2D eigenvalue weighted by Crippen LogP contribution is -2.12. The maximum absolute atomic E-state index is 11.9. The Balaban J connectivity index is 2.07. The Kier molecular flexibility index (Phi) is 5.39. The molecular weight excluding hydrogens is 278 g/mol. The zero-order valence-electron chi connectivity index (χ0n) is 13.3. The molecule has 1 amide bonds. The summed E-state index contributed by atoms with van der Waals surface area (Å²) in [6.07, 6.45) is 1.43. The predicted molar refractivity (Wildman–Crippen MR) is 87.5 cm³/mol. The Morgan fingerprint density at radius 2 is 2.05 bits per heavy atom. The number of carbonyl (C=O) groups is 1. The van der Waals surface area contributed by atoms with Gasteiger partial charge in [0.2, 0.25) is 5.91 Å². The highest BCUT2D eigenvalue weighted by atomic mass is 16.4. The van der Waals surface area contributed by atoms with Crippen LogP contribution in [0.2, 0.25) is 0 Å². The number of amides is 1. The summed E-state index contributed by atoms with van der Waals surface area (Å²) in [7, 11) is 0. The summed E-state index contributed by atoms with van der Waals surface area (Å²) in [5.74, 6) is 1.83. The van der Waals surface area contributed by atoms with E-state index >= 15 is 0 Å². The van der Waals surface area contributed by atoms with Crippen molar-refractivity contribution in [2.24, 2.45) is 5.92 Å². The second-order valence-corrected chi connectivity index (χ2v) is 5.93. The second-order valence-electron chi connectivity index (χ2n) is 5.93. The van der Waals surface area contributed by atoms with Gasteiger partial charge in [0.15, 0.2) is 0 Å². The van der Waals surface area contributed by atoms with Gasteiger partial charge in [0, 0.05) is 17.7 Å². The van der Waals surface area contributed by atoms with E-state index in [-0.39, 0.29) is 12.5 Å². The molecule has 0 fully saturated rings. The Labute approximate surface area is 131 Å². The number of carbonyl (C=O) groups excluding carboxylic acids is 1. The van der Waals surface area contributed by atoms with Crippen LogP contribution in [0.5, 0.6) is 0 Å². The molecule has 0 saturated carbocycles. The summed E-state index contributed by atoms with van der Waals surface area (Å²) in [4.78, 5) is 11.9. The van der Waals surface area contributed by atoms with E-state index in [1.807, 2.05) is 31.2 Å². The van der Waals surface area contributed by atoms with Gasteiger partial charge in [0.25, 0.3) is 0 Å². The number of aliphatic hydroxyl groups is 1. The van der Waals surface area contributed by atoms with Crippen molar-refractivity contribution in [2.75, 3.05) is 5.32 Å². The molecule has 0 radical (unpaired) electrons. The maximum atomic E-state index is 11.9. The lowest BCUT2D eigenvalue weighted by Gasteiger charge is -2.09. The smallest absolute Gasteiger partial charge is 0.224 e. The number of benzene rings is 1. The molecule has 0 unspecified atom stereocenters. The fraction of sp³-hybridized carbons (Fsp3) is 0.389. The summed E-state index contributed by atoms with van der Waals surface area (Å²) in [6, 6.07) is 9.33. The van der Waals surface area contributed by atoms with Crippen molar-refractivity contribution in [3.8, 4) is 11.3 Å². The quantitative estimate of drug-likeness (QED) is 0.843. The number of furan rings is 1. The first-order chi connectivity index (χ1) is 10.5. The van der Waals surface area contributed by atoms with Gasteiger partial charge in [-0.25, -0.2) is 0 Å². The highest BCUT2D eigenvalue weighted by Gasteiger charge is 2.09. The van der Waals surface area contributed by atoms with Crippen LogP contribution in [0.4, 0.5) is 5.69 Å². The van der Waals surface area contributed by atoms with Gasteiger partial charge in [0.1, 0.15) is 18.1 Å². The molecular formula is C18H23NO3. The van der Waals surface area contributed by atoms with Crippen LogP contribution in [0.15, 0.2) is 34.7 Å². The number of rotatable bonds is 6. The minimum atomic E-state index is -0.108. The molecule has 1 aromatic heterocycles. The van der Waals surface area contributed by atoms with E-state index in [9.17, 15) is 4.79 Å². The van der Waals surface area contributed by atoms with Crippen LogP contribution < -0.4 is 5.32 Å². The van der Waals surface area contributed by atoms with Crippen molar-refractivity contribution < 1.29 is 14.3 Å². The van der Waals surface area contributed by atoms with Gasteiger partial charge >= 0.3 is 0 Å². The Morgan fingerprint density at radius 1 is 1.27 bits per heavy atom. The molecule has 0 saturated heterocycles. The fourth-order valence-corrected chi connectivity index (χ4v) is 2.27. The monoisotopic (exact) mass is 301 g/mol. The normalized spacial score (nSPS) is 11.0. The highest BCUT2D eigenvalue weighted by Crippen LogP contribution is 2.27. The summed E-state index contributed by atoms with van der Waals surface area (Å²) in [6.45, 7) is 6.08. The third-order valence-electron chi connectivity index (χ3n) is 3.54. The maximum Gasteiger partial charge on any atom is 0.224 e. The minimum absolute atomic E-state index is 0.0430. The number of nitrogens with one attached hydrogen (secondary N) is 1. The van der Waals surface area contributed by atoms with Crippen LogP contribution in [-0.4, -0.2) is 11.0 Å². The van der Waals surface area contributed by atoms with Crippen LogP contribution in [0.25, 0.3) is 11.3 Å². The molecule has 0 aliphatic heterocycles. The molecule has 0 aliphatic rings. The highest BCUT2D eigenvalue weighted by molar-refractivity contribution is 5.91. The van der Waals surface area contributed by atoms with Crippen LogP contribution in [0, 0.1) is 12.8 Å². The zero-order valence-corrected chi connectivity index (χ0v) is 13.3. The SMILES string of the molecule is Cc1cc(NC(=O)CCC(C)C)ccc1-c1ccc(CO)o1. The lowest BCUT2D eigenvalue weighted by molar-refractivity contribution is -0.116. The van der Waals surface area contributed by atoms with Gasteiger partial charge < -0.3 is 14.8 Å². The molecule has 118 valence electrons. The first kappa shape index (κ1) is 16.3. The van der Waals surface area contributed by atoms with Crippen molar-refractivity contribution in [3.05, 3.63) is 41.7 Å². The van der Waals surface area contributed by atoms with Crippen LogP contribution >= 0.6 is 0 Å². The predicted octanol–water partition coefficient (Wildman–Crippen LogP) is 4.12. The summed E-state index contributed by atoms with van der Waals surface area (Å²) in [5, 5.41) is 12.0. The van der Waals surface area contributed by atoms with E-state index in [1.54, 1.807) is 6.07 Å². The molecule has 2 aromatic rings. The molecule has 0 bridgehead atoms. The van der Waals surface area contributed by atoms with Crippen LogP contribution in [0.3, 0.4) is 0 Å². The van der Waals surface area contributed by atoms with E-state index in [2.05, 4.69) is 19.2 Å². The average Bonchev–Trinajstić information content (AvgIpc) is 2.94. The molecule has 0 aliphatic carbocycles. The number of aliphatic hydroxyl groups excluding tert-OH is 1. The lowest BCUT2D eigenvalue weighted by atomic mass is 10.1. The van der Waals surface area contributed by atoms with Gasteiger partial charge in [-0.15, -0.1) is 0 Å². The molecule has 1 heterocycles. The van der Waals surface area contributed by atoms with E-state index in [4.69, 9.17) is 9.52 Å². The van der Waals surface area contributed by atoms with Crippen molar-refractivity contribution in [3.63, 3.8) is 0 Å². The van der Waals surface area contributed by atoms with E-state index in [1.165, 1.54) is 0 Å². The third-order valence-corrected chi connectivity index (χ3v) is 3.54. The van der Waals surface area contributed by atoms with E-state index in [0.29, 0.717) is 18.1 Å². The standard InChI is InChI=1S/C18H23NO3/c1-12(2)4-9-18(21)19-14-5-7-16(13(3)10-14)17-8-6-15(11-20)22-17/h5-8,10,12,20H,4,9,11H2,1-3H3,(H,19,21). The number of anilines is 1. The van der Waals surface area contributed by atoms with Crippen molar-refractivity contribution >= 4 is 11.6 Å². The van der Waals surface area contributed by atoms with Gasteiger partial charge in [-0.1, -0.05) is 13.8 Å². The van der Waals surface area contributed by atoms with Crippen molar-refractivity contribution in [1.82, 2.24) is 0 Å². The van der Waals surface area contributed by atoms with Crippen molar-refractivity contribution in [1.29, 1.82) is 0 Å². The van der Waals surface area contributed by atoms with Crippen molar-refractivity contribution in [2.45, 2.75) is 40.2 Å². The zero-order chi connectivity index (χ0) is 16.1. The minimum Gasteiger partial charge on any atom is -0.459 e. The van der Waals surface area contributed by atoms with Gasteiger partial charge in [0.05, 0.1) is 0 Å². The van der Waals surface area contributed by atoms with E-state index in [0.717, 1.165) is 29.0 Å². The summed E-state index contributed by atoms with van der Waals surface area (Å²) >= 11 is 0. The molecule has 1 aromatic carbocycles. The first-order valence-electron chi connectivity index (χ1n) is 7.60. The molecule has 2 rings (SSSR count). The van der Waals surface area contributed by atoms with E-state index < -0.39 is 0 Å². The van der Waals surface area contributed by atoms with Gasteiger partial charge in [-0.05, 0) is 55.2 Å². The third kappa shape index (κ3) is 4.21. The topological polar surface area (TPSA) is 62.5 Å². The number of hydrogen-bond donors (Lipinski definition) is 2. The van der Waals surface area contributed by atoms with Gasteiger partial charge in [-0.2, -0.15) is 0 Å². The molecule has 0 spiro atoms. The molecule has 2 N–H and O–H groups in total. The summed E-state index contributed by atoms with van der Waals surface area (Å²) < 4.78 is 5.55. The Morgan fingerprint density at radius 3 is 2.64 bits per heavy atom.